The first kappa shape index (κ1) is 15.6. The maximum Gasteiger partial charge on any atom is 0.261 e. The van der Waals surface area contributed by atoms with Crippen LogP contribution in [0, 0.1) is 11.3 Å². The molecule has 1 amide bonds. The van der Waals surface area contributed by atoms with Gasteiger partial charge >= 0.3 is 0 Å². The van der Waals surface area contributed by atoms with Gasteiger partial charge in [0.2, 0.25) is 0 Å². The second-order valence-corrected chi connectivity index (χ2v) is 4.73. The molecule has 0 saturated heterocycles. The monoisotopic (exact) mass is 296 g/mol. The average molecular weight is 297 g/mol. The Morgan fingerprint density at radius 2 is 2.05 bits per heavy atom. The lowest BCUT2D eigenvalue weighted by Crippen LogP contribution is -2.25. The lowest BCUT2D eigenvalue weighted by atomic mass is 10.1. The fraction of sp³-hybridized carbons (Fsp3) is 0.286. The molecule has 0 bridgehead atoms. The number of amides is 1. The molecule has 0 aliphatic rings. The van der Waals surface area contributed by atoms with E-state index in [0.717, 1.165) is 12.8 Å². The van der Waals surface area contributed by atoms with E-state index in [2.05, 4.69) is 5.32 Å². The molecule has 1 aromatic rings. The molecule has 0 fully saturated rings. The highest BCUT2D eigenvalue weighted by atomic mass is 35.5. The molecule has 1 aromatic carbocycles. The highest BCUT2D eigenvalue weighted by Gasteiger charge is 2.11. The fourth-order valence-corrected chi connectivity index (χ4v) is 1.92. The summed E-state index contributed by atoms with van der Waals surface area (Å²) in [6.07, 6.45) is 3.26. The average Bonchev–Trinajstić information content (AvgIpc) is 2.38. The lowest BCUT2D eigenvalue weighted by Gasteiger charge is -2.05. The summed E-state index contributed by atoms with van der Waals surface area (Å²) in [6, 6.07) is 6.88. The van der Waals surface area contributed by atoms with Crippen LogP contribution in [0.25, 0.3) is 6.08 Å². The van der Waals surface area contributed by atoms with Gasteiger partial charge in [-0.15, -0.1) is 0 Å². The van der Waals surface area contributed by atoms with Gasteiger partial charge in [-0.05, 0) is 24.6 Å². The van der Waals surface area contributed by atoms with Crippen molar-refractivity contribution in [2.75, 3.05) is 6.54 Å². The number of unbranched alkanes of at least 4 members (excludes halogenated alkanes) is 1. The SMILES string of the molecule is CCCCNC(=O)C(C#N)=Cc1c(Cl)cccc1Cl. The van der Waals surface area contributed by atoms with Gasteiger partial charge in [-0.3, -0.25) is 4.79 Å². The first-order valence-electron chi connectivity index (χ1n) is 5.94. The van der Waals surface area contributed by atoms with Crippen molar-refractivity contribution in [3.63, 3.8) is 0 Å². The van der Waals surface area contributed by atoms with E-state index >= 15 is 0 Å². The molecule has 100 valence electrons. The van der Waals surface area contributed by atoms with Crippen LogP contribution in [0.2, 0.25) is 10.0 Å². The molecule has 1 rings (SSSR count). The zero-order valence-corrected chi connectivity index (χ0v) is 12.1. The summed E-state index contributed by atoms with van der Waals surface area (Å²) in [6.45, 7) is 2.57. The number of nitrogens with zero attached hydrogens (tertiary/aromatic N) is 1. The maximum absolute atomic E-state index is 11.8. The molecule has 3 nitrogen and oxygen atoms in total. The van der Waals surface area contributed by atoms with Crippen LogP contribution in [0.4, 0.5) is 0 Å². The van der Waals surface area contributed by atoms with Crippen molar-refractivity contribution < 1.29 is 4.79 Å². The van der Waals surface area contributed by atoms with Crippen LogP contribution in [-0.2, 0) is 4.79 Å². The van der Waals surface area contributed by atoms with E-state index in [0.29, 0.717) is 22.2 Å². The molecular weight excluding hydrogens is 283 g/mol. The molecule has 0 aliphatic heterocycles. The van der Waals surface area contributed by atoms with Crippen LogP contribution in [0.15, 0.2) is 23.8 Å². The minimum atomic E-state index is -0.410. The minimum Gasteiger partial charge on any atom is -0.351 e. The summed E-state index contributed by atoms with van der Waals surface area (Å²) in [5.41, 5.74) is 0.471. The van der Waals surface area contributed by atoms with Crippen molar-refractivity contribution in [1.29, 1.82) is 5.26 Å². The largest absolute Gasteiger partial charge is 0.351 e. The smallest absolute Gasteiger partial charge is 0.261 e. The number of halogens is 2. The highest BCUT2D eigenvalue weighted by Crippen LogP contribution is 2.26. The number of rotatable bonds is 5. The zero-order chi connectivity index (χ0) is 14.3. The predicted octanol–water partition coefficient (Wildman–Crippen LogP) is 3.82. The number of carbonyl (C=O) groups excluding carboxylic acids is 1. The Hall–Kier alpha value is -1.50. The second-order valence-electron chi connectivity index (χ2n) is 3.91. The quantitative estimate of drug-likeness (QED) is 0.510. The van der Waals surface area contributed by atoms with Gasteiger partial charge in [0.25, 0.3) is 5.91 Å². The molecule has 0 unspecified atom stereocenters. The molecule has 0 radical (unpaired) electrons. The van der Waals surface area contributed by atoms with E-state index < -0.39 is 5.91 Å². The van der Waals surface area contributed by atoms with Gasteiger partial charge in [-0.1, -0.05) is 42.6 Å². The summed E-state index contributed by atoms with van der Waals surface area (Å²) in [7, 11) is 0. The van der Waals surface area contributed by atoms with Crippen LogP contribution in [0.3, 0.4) is 0 Å². The van der Waals surface area contributed by atoms with Crippen LogP contribution >= 0.6 is 23.2 Å². The van der Waals surface area contributed by atoms with Gasteiger partial charge in [-0.2, -0.15) is 5.26 Å². The molecule has 0 aliphatic carbocycles. The van der Waals surface area contributed by atoms with E-state index in [1.165, 1.54) is 6.08 Å². The Morgan fingerprint density at radius 1 is 1.42 bits per heavy atom. The van der Waals surface area contributed by atoms with Crippen molar-refractivity contribution in [2.45, 2.75) is 19.8 Å². The molecule has 19 heavy (non-hydrogen) atoms. The Balaban J connectivity index is 2.94. The summed E-state index contributed by atoms with van der Waals surface area (Å²) in [5.74, 6) is -0.410. The normalized spacial score (nSPS) is 10.9. The standard InChI is InChI=1S/C14H14Cl2N2O/c1-2-3-7-18-14(19)10(9-17)8-11-12(15)5-4-6-13(11)16/h4-6,8H,2-3,7H2,1H3,(H,18,19). The predicted molar refractivity (Wildman–Crippen MR) is 78.0 cm³/mol. The van der Waals surface area contributed by atoms with E-state index in [4.69, 9.17) is 28.5 Å². The zero-order valence-electron chi connectivity index (χ0n) is 10.5. The Morgan fingerprint density at radius 3 is 2.58 bits per heavy atom. The molecule has 5 heteroatoms. The van der Waals surface area contributed by atoms with Gasteiger partial charge < -0.3 is 5.32 Å². The van der Waals surface area contributed by atoms with Gasteiger partial charge in [0, 0.05) is 22.2 Å². The van der Waals surface area contributed by atoms with Gasteiger partial charge in [0.05, 0.1) is 0 Å². The molecule has 0 heterocycles. The van der Waals surface area contributed by atoms with Gasteiger partial charge in [0.15, 0.2) is 0 Å². The van der Waals surface area contributed by atoms with Gasteiger partial charge in [0.1, 0.15) is 11.6 Å². The Bertz CT molecular complexity index is 512. The molecule has 0 saturated carbocycles. The number of nitrogens with one attached hydrogen (secondary N) is 1. The summed E-state index contributed by atoms with van der Waals surface area (Å²) >= 11 is 12.0. The van der Waals surface area contributed by atoms with Crippen LogP contribution in [0.1, 0.15) is 25.3 Å². The van der Waals surface area contributed by atoms with Crippen molar-refractivity contribution in [2.24, 2.45) is 0 Å². The summed E-state index contributed by atoms with van der Waals surface area (Å²) in [4.78, 5) is 11.8. The number of carbonyl (C=O) groups is 1. The van der Waals surface area contributed by atoms with Crippen LogP contribution < -0.4 is 5.32 Å². The fourth-order valence-electron chi connectivity index (χ4n) is 1.42. The Labute approximate surface area is 122 Å². The van der Waals surface area contributed by atoms with Crippen LogP contribution in [0.5, 0.6) is 0 Å². The second kappa shape index (κ2) is 7.83. The van der Waals surface area contributed by atoms with E-state index in [1.54, 1.807) is 18.2 Å². The van der Waals surface area contributed by atoms with E-state index in [1.807, 2.05) is 13.0 Å². The number of hydrogen-bond acceptors (Lipinski definition) is 2. The molecule has 0 atom stereocenters. The lowest BCUT2D eigenvalue weighted by molar-refractivity contribution is -0.117. The number of benzene rings is 1. The number of hydrogen-bond donors (Lipinski definition) is 1. The van der Waals surface area contributed by atoms with Crippen molar-refractivity contribution >= 4 is 35.2 Å². The van der Waals surface area contributed by atoms with Crippen molar-refractivity contribution in [3.8, 4) is 6.07 Å². The third-order valence-corrected chi connectivity index (χ3v) is 3.13. The Kier molecular flexibility index (Phi) is 6.41. The highest BCUT2D eigenvalue weighted by molar-refractivity contribution is 6.37. The van der Waals surface area contributed by atoms with Crippen molar-refractivity contribution in [1.82, 2.24) is 5.32 Å². The maximum atomic E-state index is 11.8. The van der Waals surface area contributed by atoms with Crippen molar-refractivity contribution in [3.05, 3.63) is 39.4 Å². The number of nitriles is 1. The molecule has 1 N–H and O–H groups in total. The molecule has 0 spiro atoms. The summed E-state index contributed by atoms with van der Waals surface area (Å²) in [5, 5.41) is 12.5. The van der Waals surface area contributed by atoms with E-state index in [9.17, 15) is 4.79 Å². The minimum absolute atomic E-state index is 0.00824. The molecule has 0 aromatic heterocycles. The summed E-state index contributed by atoms with van der Waals surface area (Å²) < 4.78 is 0. The first-order chi connectivity index (χ1) is 9.10. The van der Waals surface area contributed by atoms with Crippen LogP contribution in [-0.4, -0.2) is 12.5 Å². The molecular formula is C14H14Cl2N2O. The third-order valence-electron chi connectivity index (χ3n) is 2.47. The topological polar surface area (TPSA) is 52.9 Å². The van der Waals surface area contributed by atoms with E-state index in [-0.39, 0.29) is 5.57 Å². The van der Waals surface area contributed by atoms with Gasteiger partial charge in [-0.25, -0.2) is 0 Å². The first-order valence-corrected chi connectivity index (χ1v) is 6.69. The third kappa shape index (κ3) is 4.59.